The van der Waals surface area contributed by atoms with Gasteiger partial charge in [0.05, 0.1) is 5.69 Å². The van der Waals surface area contributed by atoms with Gasteiger partial charge in [-0.15, -0.1) is 0 Å². The van der Waals surface area contributed by atoms with Gasteiger partial charge in [-0.25, -0.2) is 0 Å². The van der Waals surface area contributed by atoms with Crippen molar-refractivity contribution in [2.24, 2.45) is 0 Å². The maximum atomic E-state index is 12.3. The maximum absolute atomic E-state index is 12.3. The summed E-state index contributed by atoms with van der Waals surface area (Å²) in [6, 6.07) is 0.927. The third kappa shape index (κ3) is 4.56. The molecule has 1 heterocycles. The van der Waals surface area contributed by atoms with Crippen LogP contribution in [0.1, 0.15) is 69.3 Å². The van der Waals surface area contributed by atoms with Gasteiger partial charge >= 0.3 is 0 Å². The van der Waals surface area contributed by atoms with E-state index in [1.165, 1.54) is 0 Å². The summed E-state index contributed by atoms with van der Waals surface area (Å²) in [5.41, 5.74) is 1.24. The van der Waals surface area contributed by atoms with Gasteiger partial charge in [0.15, 0.2) is 5.76 Å². The lowest BCUT2D eigenvalue weighted by atomic mass is 10.0. The van der Waals surface area contributed by atoms with Crippen molar-refractivity contribution in [3.63, 3.8) is 0 Å². The zero-order chi connectivity index (χ0) is 16.2. The molecule has 5 nitrogen and oxygen atoms in total. The normalized spacial score (nSPS) is 12.0. The highest BCUT2D eigenvalue weighted by Gasteiger charge is 2.22. The Hall–Kier alpha value is -1.36. The van der Waals surface area contributed by atoms with Crippen LogP contribution in [0.15, 0.2) is 4.52 Å². The number of nitrogens with zero attached hydrogens (tertiary/aromatic N) is 2. The fraction of sp³-hybridized carbons (Fsp3) is 0.750. The van der Waals surface area contributed by atoms with Crippen LogP contribution in [0.4, 0.5) is 0 Å². The molecule has 0 atom stereocenters. The quantitative estimate of drug-likeness (QED) is 0.840. The average molecular weight is 295 g/mol. The molecule has 1 aromatic rings. The van der Waals surface area contributed by atoms with Crippen LogP contribution in [0, 0.1) is 6.92 Å². The van der Waals surface area contributed by atoms with E-state index in [0.29, 0.717) is 35.6 Å². The number of carbonyl (C=O) groups is 1. The molecule has 5 heteroatoms. The minimum absolute atomic E-state index is 0.0927. The molecule has 0 fully saturated rings. The van der Waals surface area contributed by atoms with Crippen molar-refractivity contribution in [2.75, 3.05) is 13.1 Å². The molecule has 0 bridgehead atoms. The number of rotatable bonds is 7. The van der Waals surface area contributed by atoms with E-state index in [0.717, 1.165) is 6.54 Å². The zero-order valence-corrected chi connectivity index (χ0v) is 14.4. The van der Waals surface area contributed by atoms with Crippen molar-refractivity contribution in [3.05, 3.63) is 17.0 Å². The van der Waals surface area contributed by atoms with Crippen LogP contribution < -0.4 is 5.32 Å². The number of hydrogen-bond acceptors (Lipinski definition) is 4. The highest BCUT2D eigenvalue weighted by Crippen LogP contribution is 2.21. The van der Waals surface area contributed by atoms with Crippen LogP contribution in [0.25, 0.3) is 0 Å². The summed E-state index contributed by atoms with van der Waals surface area (Å²) in [6.07, 6.45) is 0. The Morgan fingerprint density at radius 3 is 2.24 bits per heavy atom. The summed E-state index contributed by atoms with van der Waals surface area (Å²) in [7, 11) is 0. The van der Waals surface area contributed by atoms with Gasteiger partial charge in [-0.2, -0.15) is 0 Å². The Morgan fingerprint density at radius 2 is 1.76 bits per heavy atom. The van der Waals surface area contributed by atoms with Crippen molar-refractivity contribution < 1.29 is 9.32 Å². The molecule has 0 spiro atoms. The number of aromatic nitrogens is 1. The van der Waals surface area contributed by atoms with Crippen LogP contribution in [0.2, 0.25) is 0 Å². The van der Waals surface area contributed by atoms with E-state index in [2.05, 4.69) is 43.1 Å². The third-order valence-electron chi connectivity index (χ3n) is 3.62. The van der Waals surface area contributed by atoms with Gasteiger partial charge in [0.25, 0.3) is 5.91 Å². The van der Waals surface area contributed by atoms with Crippen molar-refractivity contribution in [1.82, 2.24) is 15.4 Å². The van der Waals surface area contributed by atoms with E-state index in [9.17, 15) is 4.79 Å². The van der Waals surface area contributed by atoms with Crippen molar-refractivity contribution >= 4 is 5.91 Å². The zero-order valence-electron chi connectivity index (χ0n) is 14.4. The molecule has 1 N–H and O–H groups in total. The van der Waals surface area contributed by atoms with Gasteiger partial charge in [0.1, 0.15) is 5.56 Å². The molecule has 0 aliphatic carbocycles. The molecule has 0 unspecified atom stereocenters. The Morgan fingerprint density at radius 1 is 1.19 bits per heavy atom. The minimum atomic E-state index is -0.0927. The lowest BCUT2D eigenvalue weighted by Crippen LogP contribution is -2.42. The molecule has 1 amide bonds. The Labute approximate surface area is 128 Å². The second kappa shape index (κ2) is 7.59. The molecule has 0 aromatic carbocycles. The van der Waals surface area contributed by atoms with Gasteiger partial charge in [0.2, 0.25) is 0 Å². The lowest BCUT2D eigenvalue weighted by molar-refractivity contribution is 0.0936. The lowest BCUT2D eigenvalue weighted by Gasteiger charge is -2.30. The molecule has 1 rings (SSSR count). The number of hydrogen-bond donors (Lipinski definition) is 1. The number of aryl methyl sites for hydroxylation is 1. The van der Waals surface area contributed by atoms with Crippen molar-refractivity contribution in [2.45, 2.75) is 66.5 Å². The van der Waals surface area contributed by atoms with Gasteiger partial charge < -0.3 is 9.84 Å². The van der Waals surface area contributed by atoms with Crippen LogP contribution >= 0.6 is 0 Å². The number of nitrogens with one attached hydrogen (secondary N) is 1. The first-order chi connectivity index (χ1) is 9.75. The Kier molecular flexibility index (Phi) is 6.40. The van der Waals surface area contributed by atoms with Crippen molar-refractivity contribution in [1.29, 1.82) is 0 Å². The molecule has 0 aliphatic rings. The predicted octanol–water partition coefficient (Wildman–Crippen LogP) is 2.96. The third-order valence-corrected chi connectivity index (χ3v) is 3.62. The fourth-order valence-electron chi connectivity index (χ4n) is 2.56. The number of carbonyl (C=O) groups excluding carboxylic acids is 1. The molecule has 0 saturated carbocycles. The van der Waals surface area contributed by atoms with Crippen LogP contribution in [-0.4, -0.2) is 41.1 Å². The first kappa shape index (κ1) is 17.7. The van der Waals surface area contributed by atoms with Crippen molar-refractivity contribution in [3.8, 4) is 0 Å². The largest absolute Gasteiger partial charge is 0.360 e. The highest BCUT2D eigenvalue weighted by molar-refractivity contribution is 5.96. The van der Waals surface area contributed by atoms with Crippen LogP contribution in [0.5, 0.6) is 0 Å². The average Bonchev–Trinajstić information content (AvgIpc) is 2.75. The monoisotopic (exact) mass is 295 g/mol. The van der Waals surface area contributed by atoms with E-state index < -0.39 is 0 Å². The van der Waals surface area contributed by atoms with E-state index >= 15 is 0 Å². The smallest absolute Gasteiger partial charge is 0.256 e. The van der Waals surface area contributed by atoms with Gasteiger partial charge in [-0.3, -0.25) is 9.69 Å². The molecule has 0 aliphatic heterocycles. The predicted molar refractivity (Wildman–Crippen MR) is 84.6 cm³/mol. The Bertz CT molecular complexity index is 456. The highest BCUT2D eigenvalue weighted by atomic mass is 16.5. The minimum Gasteiger partial charge on any atom is -0.360 e. The molecule has 21 heavy (non-hydrogen) atoms. The molecule has 1 aromatic heterocycles. The molecular weight excluding hydrogens is 266 g/mol. The van der Waals surface area contributed by atoms with Crippen LogP contribution in [0.3, 0.4) is 0 Å². The van der Waals surface area contributed by atoms with E-state index in [4.69, 9.17) is 4.52 Å². The summed E-state index contributed by atoms with van der Waals surface area (Å²) < 4.78 is 5.26. The molecule has 0 radical (unpaired) electrons. The van der Waals surface area contributed by atoms with Gasteiger partial charge in [0, 0.05) is 31.1 Å². The van der Waals surface area contributed by atoms with E-state index in [1.807, 2.05) is 13.8 Å². The second-order valence-electron chi connectivity index (χ2n) is 6.34. The number of amides is 1. The molecule has 120 valence electrons. The standard InChI is InChI=1S/C16H29N3O2/c1-10(2)15-14(13(7)18-21-15)16(20)17-8-9-19(11(3)4)12(5)6/h10-12H,8-9H2,1-7H3,(H,17,20). The van der Waals surface area contributed by atoms with E-state index in [1.54, 1.807) is 6.92 Å². The summed E-state index contributed by atoms with van der Waals surface area (Å²) in [4.78, 5) is 14.7. The first-order valence-corrected chi connectivity index (χ1v) is 7.75. The van der Waals surface area contributed by atoms with Crippen LogP contribution in [-0.2, 0) is 0 Å². The maximum Gasteiger partial charge on any atom is 0.256 e. The fourth-order valence-corrected chi connectivity index (χ4v) is 2.56. The van der Waals surface area contributed by atoms with Gasteiger partial charge in [-0.1, -0.05) is 19.0 Å². The summed E-state index contributed by atoms with van der Waals surface area (Å²) in [5.74, 6) is 0.717. The Balaban J connectivity index is 2.65. The molecular formula is C16H29N3O2. The molecule has 0 saturated heterocycles. The first-order valence-electron chi connectivity index (χ1n) is 7.75. The van der Waals surface area contributed by atoms with Gasteiger partial charge in [-0.05, 0) is 34.6 Å². The summed E-state index contributed by atoms with van der Waals surface area (Å²) in [5, 5.41) is 6.89. The topological polar surface area (TPSA) is 58.4 Å². The second-order valence-corrected chi connectivity index (χ2v) is 6.34. The van der Waals surface area contributed by atoms with E-state index in [-0.39, 0.29) is 11.8 Å². The summed E-state index contributed by atoms with van der Waals surface area (Å²) in [6.45, 7) is 15.9. The SMILES string of the molecule is Cc1noc(C(C)C)c1C(=O)NCCN(C(C)C)C(C)C. The summed E-state index contributed by atoms with van der Waals surface area (Å²) >= 11 is 0.